The van der Waals surface area contributed by atoms with E-state index in [4.69, 9.17) is 5.11 Å². The fraction of sp³-hybridized carbons (Fsp3) is 0.333. The van der Waals surface area contributed by atoms with E-state index in [0.29, 0.717) is 18.8 Å². The van der Waals surface area contributed by atoms with Crippen molar-refractivity contribution in [3.8, 4) is 0 Å². The van der Waals surface area contributed by atoms with Crippen LogP contribution in [0.15, 0.2) is 18.2 Å². The predicted octanol–water partition coefficient (Wildman–Crippen LogP) is 1.41. The first-order valence-corrected chi connectivity index (χ1v) is 5.97. The summed E-state index contributed by atoms with van der Waals surface area (Å²) in [7, 11) is 0. The van der Waals surface area contributed by atoms with Crippen molar-refractivity contribution in [2.24, 2.45) is 0 Å². The van der Waals surface area contributed by atoms with Gasteiger partial charge < -0.3 is 5.11 Å². The first-order chi connectivity index (χ1) is 9.58. The van der Waals surface area contributed by atoms with Gasteiger partial charge in [0.05, 0.1) is 0 Å². The molecule has 0 saturated carbocycles. The Morgan fingerprint density at radius 2 is 2.15 bits per heavy atom. The Labute approximate surface area is 113 Å². The Morgan fingerprint density at radius 1 is 1.35 bits per heavy atom. The number of tetrazole rings is 1. The summed E-state index contributed by atoms with van der Waals surface area (Å²) in [6, 6.07) is 3.90. The summed E-state index contributed by atoms with van der Waals surface area (Å²) in [6.07, 6.45) is 0.399. The second kappa shape index (κ2) is 6.18. The number of rotatable bonds is 6. The van der Waals surface area contributed by atoms with E-state index in [9.17, 15) is 13.6 Å². The Kier molecular flexibility index (Phi) is 4.34. The number of carboxylic acids is 1. The summed E-state index contributed by atoms with van der Waals surface area (Å²) in [6.45, 7) is 0.311. The molecular formula is C12H12F2N4O2. The van der Waals surface area contributed by atoms with E-state index >= 15 is 0 Å². The highest BCUT2D eigenvalue weighted by Gasteiger charge is 2.13. The average Bonchev–Trinajstić information content (AvgIpc) is 2.82. The molecule has 0 aliphatic heterocycles. The highest BCUT2D eigenvalue weighted by molar-refractivity contribution is 5.66. The zero-order valence-electron chi connectivity index (χ0n) is 10.5. The molecule has 1 aromatic carbocycles. The molecule has 8 heteroatoms. The van der Waals surface area contributed by atoms with Gasteiger partial charge in [0.15, 0.2) is 17.5 Å². The van der Waals surface area contributed by atoms with Gasteiger partial charge in [-0.25, -0.2) is 13.5 Å². The summed E-state index contributed by atoms with van der Waals surface area (Å²) in [5.74, 6) is -2.39. The van der Waals surface area contributed by atoms with Crippen LogP contribution in [0.1, 0.15) is 24.2 Å². The Balaban J connectivity index is 2.08. The van der Waals surface area contributed by atoms with Crippen LogP contribution in [0.4, 0.5) is 8.78 Å². The maximum Gasteiger partial charge on any atom is 0.303 e. The van der Waals surface area contributed by atoms with E-state index < -0.39 is 17.6 Å². The smallest absolute Gasteiger partial charge is 0.303 e. The molecule has 0 unspecified atom stereocenters. The zero-order chi connectivity index (χ0) is 14.5. The van der Waals surface area contributed by atoms with Gasteiger partial charge >= 0.3 is 5.97 Å². The molecular weight excluding hydrogens is 270 g/mol. The molecule has 2 aromatic rings. The molecule has 1 aromatic heterocycles. The minimum Gasteiger partial charge on any atom is -0.481 e. The van der Waals surface area contributed by atoms with Gasteiger partial charge in [-0.3, -0.25) is 4.79 Å². The highest BCUT2D eigenvalue weighted by Crippen LogP contribution is 2.14. The van der Waals surface area contributed by atoms with Gasteiger partial charge in [-0.1, -0.05) is 12.1 Å². The fourth-order valence-electron chi connectivity index (χ4n) is 1.76. The molecule has 0 spiro atoms. The van der Waals surface area contributed by atoms with Crippen LogP contribution >= 0.6 is 0 Å². The zero-order valence-corrected chi connectivity index (χ0v) is 10.5. The number of benzene rings is 1. The van der Waals surface area contributed by atoms with Crippen LogP contribution in [0.2, 0.25) is 0 Å². The van der Waals surface area contributed by atoms with E-state index in [1.807, 2.05) is 0 Å². The van der Waals surface area contributed by atoms with Crippen molar-refractivity contribution >= 4 is 5.97 Å². The minimum absolute atomic E-state index is 0.00632. The molecule has 0 amide bonds. The van der Waals surface area contributed by atoms with Crippen LogP contribution in [0.5, 0.6) is 0 Å². The average molecular weight is 282 g/mol. The Morgan fingerprint density at radius 3 is 2.90 bits per heavy atom. The van der Waals surface area contributed by atoms with Gasteiger partial charge in [0.25, 0.3) is 0 Å². The maximum atomic E-state index is 13.6. The molecule has 6 nitrogen and oxygen atoms in total. The molecule has 0 aliphatic carbocycles. The van der Waals surface area contributed by atoms with Crippen molar-refractivity contribution in [2.75, 3.05) is 0 Å². The van der Waals surface area contributed by atoms with Crippen LogP contribution in [-0.2, 0) is 17.8 Å². The number of halogens is 2. The molecule has 106 valence electrons. The number of aliphatic carboxylic acids is 1. The number of hydrogen-bond donors (Lipinski definition) is 1. The van der Waals surface area contributed by atoms with E-state index in [-0.39, 0.29) is 18.4 Å². The quantitative estimate of drug-likeness (QED) is 0.866. The molecule has 0 saturated heterocycles. The molecule has 1 heterocycles. The van der Waals surface area contributed by atoms with Gasteiger partial charge in [0.2, 0.25) is 0 Å². The molecule has 2 rings (SSSR count). The van der Waals surface area contributed by atoms with Crippen molar-refractivity contribution in [1.82, 2.24) is 20.2 Å². The maximum absolute atomic E-state index is 13.6. The predicted molar refractivity (Wildman–Crippen MR) is 63.9 cm³/mol. The molecule has 20 heavy (non-hydrogen) atoms. The standard InChI is InChI=1S/C12H12F2N4O2/c13-9-4-1-3-8(12(9)14)7-10-15-16-17-18(10)6-2-5-11(19)20/h1,3-4H,2,5-7H2,(H,19,20). The van der Waals surface area contributed by atoms with E-state index in [0.717, 1.165) is 6.07 Å². The third-order valence-electron chi connectivity index (χ3n) is 2.75. The topological polar surface area (TPSA) is 80.9 Å². The molecule has 0 radical (unpaired) electrons. The lowest BCUT2D eigenvalue weighted by molar-refractivity contribution is -0.137. The van der Waals surface area contributed by atoms with E-state index in [1.165, 1.54) is 16.8 Å². The summed E-state index contributed by atoms with van der Waals surface area (Å²) in [4.78, 5) is 10.4. The largest absolute Gasteiger partial charge is 0.481 e. The third kappa shape index (κ3) is 3.34. The lowest BCUT2D eigenvalue weighted by Crippen LogP contribution is -2.09. The first kappa shape index (κ1) is 14.0. The number of carbonyl (C=O) groups is 1. The number of hydrogen-bond acceptors (Lipinski definition) is 4. The summed E-state index contributed by atoms with van der Waals surface area (Å²) in [5, 5.41) is 19.5. The molecule has 0 fully saturated rings. The molecule has 0 aliphatic rings. The Hall–Kier alpha value is -2.38. The lowest BCUT2D eigenvalue weighted by atomic mass is 10.1. The van der Waals surface area contributed by atoms with Crippen molar-refractivity contribution in [2.45, 2.75) is 25.8 Å². The molecule has 0 bridgehead atoms. The fourth-order valence-corrected chi connectivity index (χ4v) is 1.76. The van der Waals surface area contributed by atoms with Gasteiger partial charge in [0.1, 0.15) is 0 Å². The number of aromatic nitrogens is 4. The van der Waals surface area contributed by atoms with E-state index in [2.05, 4.69) is 15.5 Å². The normalized spacial score (nSPS) is 10.7. The molecule has 0 atom stereocenters. The van der Waals surface area contributed by atoms with Gasteiger partial charge in [-0.15, -0.1) is 5.10 Å². The van der Waals surface area contributed by atoms with Gasteiger partial charge in [0, 0.05) is 19.4 Å². The number of nitrogens with zero attached hydrogens (tertiary/aromatic N) is 4. The lowest BCUT2D eigenvalue weighted by Gasteiger charge is -2.05. The molecule has 1 N–H and O–H groups in total. The van der Waals surface area contributed by atoms with Crippen LogP contribution in [0.25, 0.3) is 0 Å². The SMILES string of the molecule is O=C(O)CCCn1nnnc1Cc1cccc(F)c1F. The third-order valence-corrected chi connectivity index (χ3v) is 2.75. The summed E-state index contributed by atoms with van der Waals surface area (Å²) >= 11 is 0. The Bertz CT molecular complexity index is 615. The second-order valence-corrected chi connectivity index (χ2v) is 4.21. The van der Waals surface area contributed by atoms with Crippen molar-refractivity contribution in [3.05, 3.63) is 41.2 Å². The number of aryl methyl sites for hydroxylation is 1. The first-order valence-electron chi connectivity index (χ1n) is 5.97. The summed E-state index contributed by atoms with van der Waals surface area (Å²) < 4.78 is 28.0. The van der Waals surface area contributed by atoms with E-state index in [1.54, 1.807) is 0 Å². The number of carboxylic acid groups (broad SMARTS) is 1. The van der Waals surface area contributed by atoms with Crippen LogP contribution in [0, 0.1) is 11.6 Å². The van der Waals surface area contributed by atoms with Crippen LogP contribution in [0.3, 0.4) is 0 Å². The highest BCUT2D eigenvalue weighted by atomic mass is 19.2. The second-order valence-electron chi connectivity index (χ2n) is 4.21. The minimum atomic E-state index is -0.924. The van der Waals surface area contributed by atoms with Crippen molar-refractivity contribution in [1.29, 1.82) is 0 Å². The van der Waals surface area contributed by atoms with Gasteiger partial charge in [-0.2, -0.15) is 0 Å². The van der Waals surface area contributed by atoms with Crippen molar-refractivity contribution < 1.29 is 18.7 Å². The van der Waals surface area contributed by atoms with Crippen LogP contribution in [-0.4, -0.2) is 31.3 Å². The monoisotopic (exact) mass is 282 g/mol. The van der Waals surface area contributed by atoms with Crippen molar-refractivity contribution in [3.63, 3.8) is 0 Å². The van der Waals surface area contributed by atoms with Crippen LogP contribution < -0.4 is 0 Å². The summed E-state index contributed by atoms with van der Waals surface area (Å²) in [5.41, 5.74) is 0.152. The van der Waals surface area contributed by atoms with Gasteiger partial charge in [-0.05, 0) is 28.5 Å².